The van der Waals surface area contributed by atoms with Gasteiger partial charge in [0, 0.05) is 10.6 Å². The molecule has 1 heterocycles. The van der Waals surface area contributed by atoms with Crippen LogP contribution in [0.3, 0.4) is 0 Å². The Morgan fingerprint density at radius 2 is 2.58 bits per heavy atom. The van der Waals surface area contributed by atoms with E-state index in [1.165, 1.54) is 11.8 Å². The van der Waals surface area contributed by atoms with Crippen molar-refractivity contribution in [2.75, 3.05) is 5.75 Å². The highest BCUT2D eigenvalue weighted by Gasteiger charge is 2.02. The zero-order valence-corrected chi connectivity index (χ0v) is 8.61. The molecule has 1 aromatic heterocycles. The molecule has 0 amide bonds. The Bertz CT molecular complexity index is 336. The van der Waals surface area contributed by atoms with Crippen molar-refractivity contribution in [1.29, 1.82) is 0 Å². The van der Waals surface area contributed by atoms with Crippen LogP contribution in [-0.4, -0.2) is 16.0 Å². The van der Waals surface area contributed by atoms with Crippen molar-refractivity contribution in [3.8, 4) is 0 Å². The van der Waals surface area contributed by atoms with E-state index < -0.39 is 0 Å². The molecule has 0 fully saturated rings. The van der Waals surface area contributed by atoms with E-state index in [4.69, 9.17) is 0 Å². The van der Waals surface area contributed by atoms with Crippen LogP contribution in [0.1, 0.15) is 0 Å². The Balaban J connectivity index is 2.92. The maximum absolute atomic E-state index is 11.0. The average Bonchev–Trinajstić information content (AvgIpc) is 2.08. The third kappa shape index (κ3) is 2.22. The minimum Gasteiger partial charge on any atom is -0.267 e. The van der Waals surface area contributed by atoms with E-state index in [2.05, 4.69) is 32.7 Å². The molecule has 0 saturated carbocycles. The van der Waals surface area contributed by atoms with Crippen LogP contribution in [0, 0.1) is 0 Å². The second kappa shape index (κ2) is 4.47. The van der Waals surface area contributed by atoms with Crippen molar-refractivity contribution >= 4 is 27.7 Å². The first-order valence-electron chi connectivity index (χ1n) is 3.22. The predicted molar refractivity (Wildman–Crippen MR) is 53.5 cm³/mol. The Labute approximate surface area is 82.4 Å². The Morgan fingerprint density at radius 1 is 1.83 bits per heavy atom. The zero-order chi connectivity index (χ0) is 8.97. The Kier molecular flexibility index (Phi) is 3.55. The van der Waals surface area contributed by atoms with Gasteiger partial charge in [-0.1, -0.05) is 6.08 Å². The summed E-state index contributed by atoms with van der Waals surface area (Å²) < 4.78 is 0.532. The molecule has 0 aliphatic rings. The summed E-state index contributed by atoms with van der Waals surface area (Å²) in [5.74, 6) is 0.768. The number of aromatic nitrogens is 2. The highest BCUT2D eigenvalue weighted by Crippen LogP contribution is 2.22. The van der Waals surface area contributed by atoms with Crippen LogP contribution >= 0.6 is 27.7 Å². The minimum atomic E-state index is -0.205. The molecule has 1 N–H and O–H groups in total. The van der Waals surface area contributed by atoms with Gasteiger partial charge in [-0.05, 0) is 15.9 Å². The fourth-order valence-electron chi connectivity index (χ4n) is 0.617. The molecule has 0 aliphatic carbocycles. The van der Waals surface area contributed by atoms with Crippen LogP contribution in [0.15, 0.2) is 33.0 Å². The first-order valence-corrected chi connectivity index (χ1v) is 5.00. The van der Waals surface area contributed by atoms with E-state index in [0.717, 1.165) is 10.6 Å². The van der Waals surface area contributed by atoms with E-state index >= 15 is 0 Å². The number of nitrogens with zero attached hydrogens (tertiary/aromatic N) is 1. The average molecular weight is 247 g/mol. The van der Waals surface area contributed by atoms with Gasteiger partial charge in [0.2, 0.25) is 0 Å². The summed E-state index contributed by atoms with van der Waals surface area (Å²) >= 11 is 4.69. The summed E-state index contributed by atoms with van der Waals surface area (Å²) in [4.78, 5) is 11.8. The van der Waals surface area contributed by atoms with Gasteiger partial charge in [0.25, 0.3) is 5.56 Å². The summed E-state index contributed by atoms with van der Waals surface area (Å²) in [7, 11) is 0. The molecule has 0 spiro atoms. The molecule has 5 heteroatoms. The molecule has 0 bridgehead atoms. The van der Waals surface area contributed by atoms with Gasteiger partial charge in [-0.25, -0.2) is 5.10 Å². The summed E-state index contributed by atoms with van der Waals surface area (Å²) in [5, 5.41) is 6.00. The van der Waals surface area contributed by atoms with E-state index in [1.807, 2.05) is 0 Å². The Morgan fingerprint density at radius 3 is 3.25 bits per heavy atom. The van der Waals surface area contributed by atoms with Gasteiger partial charge in [-0.2, -0.15) is 5.10 Å². The molecule has 12 heavy (non-hydrogen) atoms. The van der Waals surface area contributed by atoms with Crippen molar-refractivity contribution in [3.05, 3.63) is 33.7 Å². The van der Waals surface area contributed by atoms with Crippen LogP contribution in [0.5, 0.6) is 0 Å². The number of rotatable bonds is 3. The van der Waals surface area contributed by atoms with Crippen LogP contribution in [0.25, 0.3) is 0 Å². The maximum atomic E-state index is 11.0. The SMILES string of the molecule is C=CCSc1cn[nH]c(=O)c1Br. The molecule has 0 aromatic carbocycles. The first kappa shape index (κ1) is 9.54. The lowest BCUT2D eigenvalue weighted by molar-refractivity contribution is 0.942. The lowest BCUT2D eigenvalue weighted by Crippen LogP contribution is -2.08. The number of hydrogen-bond acceptors (Lipinski definition) is 3. The van der Waals surface area contributed by atoms with Gasteiger partial charge >= 0.3 is 0 Å². The zero-order valence-electron chi connectivity index (χ0n) is 6.21. The minimum absolute atomic E-state index is 0.205. The first-order chi connectivity index (χ1) is 5.75. The summed E-state index contributed by atoms with van der Waals surface area (Å²) in [5.41, 5.74) is -0.205. The maximum Gasteiger partial charge on any atom is 0.279 e. The van der Waals surface area contributed by atoms with Crippen molar-refractivity contribution in [2.24, 2.45) is 0 Å². The smallest absolute Gasteiger partial charge is 0.267 e. The molecule has 3 nitrogen and oxygen atoms in total. The molecule has 0 aliphatic heterocycles. The fourth-order valence-corrected chi connectivity index (χ4v) is 1.79. The molecular weight excluding hydrogens is 240 g/mol. The lowest BCUT2D eigenvalue weighted by Gasteiger charge is -1.98. The quantitative estimate of drug-likeness (QED) is 0.654. The summed E-state index contributed by atoms with van der Waals surface area (Å²) in [6.07, 6.45) is 3.39. The van der Waals surface area contributed by atoms with E-state index in [1.54, 1.807) is 12.3 Å². The van der Waals surface area contributed by atoms with Crippen molar-refractivity contribution in [3.63, 3.8) is 0 Å². The molecule has 0 unspecified atom stereocenters. The van der Waals surface area contributed by atoms with Crippen LogP contribution < -0.4 is 5.56 Å². The number of H-pyrrole nitrogens is 1. The van der Waals surface area contributed by atoms with Gasteiger partial charge in [-0.15, -0.1) is 18.3 Å². The number of nitrogens with one attached hydrogen (secondary N) is 1. The molecule has 1 rings (SSSR count). The fraction of sp³-hybridized carbons (Fsp3) is 0.143. The number of aromatic amines is 1. The number of hydrogen-bond donors (Lipinski definition) is 1. The molecule has 0 saturated heterocycles. The molecule has 0 radical (unpaired) electrons. The standard InChI is InChI=1S/C7H7BrN2OS/c1-2-3-12-5-4-9-10-7(11)6(5)8/h2,4H,1,3H2,(H,10,11). The van der Waals surface area contributed by atoms with E-state index in [0.29, 0.717) is 4.47 Å². The molecule has 64 valence electrons. The van der Waals surface area contributed by atoms with Crippen LogP contribution in [0.4, 0.5) is 0 Å². The predicted octanol–water partition coefficient (Wildman–Crippen LogP) is 1.81. The topological polar surface area (TPSA) is 45.8 Å². The molecule has 0 atom stereocenters. The molecule has 1 aromatic rings. The van der Waals surface area contributed by atoms with Crippen LogP contribution in [0.2, 0.25) is 0 Å². The molecular formula is C7H7BrN2OS. The van der Waals surface area contributed by atoms with Crippen molar-refractivity contribution < 1.29 is 0 Å². The van der Waals surface area contributed by atoms with Crippen molar-refractivity contribution in [1.82, 2.24) is 10.2 Å². The summed E-state index contributed by atoms with van der Waals surface area (Å²) in [6, 6.07) is 0. The lowest BCUT2D eigenvalue weighted by atomic mass is 10.6. The number of halogens is 1. The second-order valence-corrected chi connectivity index (χ2v) is 3.83. The second-order valence-electron chi connectivity index (χ2n) is 1.98. The monoisotopic (exact) mass is 246 g/mol. The Hall–Kier alpha value is -0.550. The normalized spacial score (nSPS) is 9.75. The van der Waals surface area contributed by atoms with Gasteiger partial charge in [0.05, 0.1) is 10.7 Å². The number of thioether (sulfide) groups is 1. The largest absolute Gasteiger partial charge is 0.279 e. The van der Waals surface area contributed by atoms with Crippen LogP contribution in [-0.2, 0) is 0 Å². The van der Waals surface area contributed by atoms with Gasteiger partial charge in [0.15, 0.2) is 0 Å². The highest BCUT2D eigenvalue weighted by molar-refractivity contribution is 9.10. The third-order valence-corrected chi connectivity index (χ3v) is 3.19. The van der Waals surface area contributed by atoms with E-state index in [9.17, 15) is 4.79 Å². The van der Waals surface area contributed by atoms with Gasteiger partial charge in [0.1, 0.15) is 0 Å². The van der Waals surface area contributed by atoms with Crippen molar-refractivity contribution in [2.45, 2.75) is 4.90 Å². The van der Waals surface area contributed by atoms with Gasteiger partial charge < -0.3 is 0 Å². The third-order valence-electron chi connectivity index (χ3n) is 1.12. The van der Waals surface area contributed by atoms with Gasteiger partial charge in [-0.3, -0.25) is 4.79 Å². The van der Waals surface area contributed by atoms with E-state index in [-0.39, 0.29) is 5.56 Å². The highest BCUT2D eigenvalue weighted by atomic mass is 79.9. The summed E-state index contributed by atoms with van der Waals surface area (Å²) in [6.45, 7) is 3.59.